The molecule has 0 fully saturated rings. The highest BCUT2D eigenvalue weighted by Crippen LogP contribution is 2.43. The number of carbonyl (C=O) groups is 1. The Labute approximate surface area is 120 Å². The molecule has 1 amide bonds. The molecule has 3 heterocycles. The Morgan fingerprint density at radius 2 is 2.20 bits per heavy atom. The van der Waals surface area contributed by atoms with E-state index in [0.717, 1.165) is 18.7 Å². The topological polar surface area (TPSA) is 49.3 Å². The van der Waals surface area contributed by atoms with Crippen molar-refractivity contribution >= 4 is 34.7 Å². The summed E-state index contributed by atoms with van der Waals surface area (Å²) in [5, 5.41) is 0.192. The predicted molar refractivity (Wildman–Crippen MR) is 76.9 cm³/mol. The number of benzene rings is 1. The summed E-state index contributed by atoms with van der Waals surface area (Å²) in [7, 11) is 1.74. The molecule has 0 bridgehead atoms. The second-order valence-corrected chi connectivity index (χ2v) is 5.27. The van der Waals surface area contributed by atoms with E-state index in [1.165, 1.54) is 5.56 Å². The zero-order chi connectivity index (χ0) is 13.9. The fourth-order valence-corrected chi connectivity index (χ4v) is 3.04. The van der Waals surface area contributed by atoms with Crippen LogP contribution in [0.25, 0.3) is 0 Å². The highest BCUT2D eigenvalue weighted by atomic mass is 35.5. The van der Waals surface area contributed by atoms with Gasteiger partial charge >= 0.3 is 0 Å². The first-order valence-corrected chi connectivity index (χ1v) is 6.74. The Balaban J connectivity index is 2.07. The second kappa shape index (κ2) is 3.93. The molecule has 0 saturated heterocycles. The number of amides is 1. The molecule has 0 unspecified atom stereocenters. The zero-order valence-electron chi connectivity index (χ0n) is 10.8. The largest absolute Gasteiger partial charge is 0.323 e. The summed E-state index contributed by atoms with van der Waals surface area (Å²) < 4.78 is 0. The van der Waals surface area contributed by atoms with Gasteiger partial charge in [-0.1, -0.05) is 12.1 Å². The van der Waals surface area contributed by atoms with Gasteiger partial charge in [-0.25, -0.2) is 4.98 Å². The van der Waals surface area contributed by atoms with Crippen molar-refractivity contribution in [3.63, 3.8) is 0 Å². The Hall–Kier alpha value is -2.14. The van der Waals surface area contributed by atoms with Crippen molar-refractivity contribution in [2.75, 3.05) is 23.4 Å². The van der Waals surface area contributed by atoms with E-state index in [4.69, 9.17) is 11.6 Å². The first kappa shape index (κ1) is 11.7. The molecule has 20 heavy (non-hydrogen) atoms. The van der Waals surface area contributed by atoms with Crippen molar-refractivity contribution in [3.05, 3.63) is 40.8 Å². The molecule has 2 aromatic rings. The molecule has 100 valence electrons. The molecule has 0 saturated carbocycles. The van der Waals surface area contributed by atoms with Crippen molar-refractivity contribution < 1.29 is 4.79 Å². The molecule has 0 N–H and O–H groups in total. The maximum absolute atomic E-state index is 12.6. The van der Waals surface area contributed by atoms with Crippen LogP contribution in [0.5, 0.6) is 0 Å². The smallest absolute Gasteiger partial charge is 0.260 e. The Bertz CT molecular complexity index is 746. The summed E-state index contributed by atoms with van der Waals surface area (Å²) in [5.41, 5.74) is 3.52. The molecule has 1 aromatic heterocycles. The van der Waals surface area contributed by atoms with Gasteiger partial charge < -0.3 is 9.80 Å². The minimum absolute atomic E-state index is 0.0431. The maximum Gasteiger partial charge on any atom is 0.260 e. The van der Waals surface area contributed by atoms with E-state index in [0.29, 0.717) is 17.1 Å². The van der Waals surface area contributed by atoms with Crippen LogP contribution in [0.2, 0.25) is 5.28 Å². The van der Waals surface area contributed by atoms with Crippen LogP contribution >= 0.6 is 11.6 Å². The van der Waals surface area contributed by atoms with Gasteiger partial charge in [0, 0.05) is 13.6 Å². The minimum Gasteiger partial charge on any atom is -0.323 e. The molecule has 4 rings (SSSR count). The first-order valence-electron chi connectivity index (χ1n) is 6.37. The fourth-order valence-electron chi connectivity index (χ4n) is 2.91. The van der Waals surface area contributed by atoms with Crippen LogP contribution in [0.1, 0.15) is 15.9 Å². The second-order valence-electron chi connectivity index (χ2n) is 4.93. The Morgan fingerprint density at radius 3 is 3.05 bits per heavy atom. The SMILES string of the molecule is CN1C(=O)c2cccc3c2N(CC3)c2nc(Cl)ncc21. The number of halogens is 1. The van der Waals surface area contributed by atoms with Gasteiger partial charge in [-0.2, -0.15) is 4.98 Å². The fraction of sp³-hybridized carbons (Fsp3) is 0.214. The lowest BCUT2D eigenvalue weighted by atomic mass is 10.1. The molecule has 6 heteroatoms. The lowest BCUT2D eigenvalue weighted by Gasteiger charge is -2.20. The van der Waals surface area contributed by atoms with Crippen molar-refractivity contribution in [3.8, 4) is 0 Å². The summed E-state index contributed by atoms with van der Waals surface area (Å²) in [6.45, 7) is 0.799. The van der Waals surface area contributed by atoms with Gasteiger partial charge in [-0.3, -0.25) is 4.79 Å². The van der Waals surface area contributed by atoms with E-state index in [2.05, 4.69) is 20.9 Å². The first-order chi connectivity index (χ1) is 9.66. The van der Waals surface area contributed by atoms with Gasteiger partial charge in [0.25, 0.3) is 5.91 Å². The monoisotopic (exact) mass is 286 g/mol. The number of fused-ring (bicyclic) bond motifs is 2. The third-order valence-corrected chi connectivity index (χ3v) is 4.05. The van der Waals surface area contributed by atoms with E-state index in [1.807, 2.05) is 12.1 Å². The van der Waals surface area contributed by atoms with Gasteiger partial charge in [-0.15, -0.1) is 0 Å². The van der Waals surface area contributed by atoms with Crippen LogP contribution in [0.3, 0.4) is 0 Å². The minimum atomic E-state index is -0.0431. The van der Waals surface area contributed by atoms with Crippen molar-refractivity contribution in [2.24, 2.45) is 0 Å². The van der Waals surface area contributed by atoms with E-state index in [9.17, 15) is 4.79 Å². The lowest BCUT2D eigenvalue weighted by molar-refractivity contribution is 0.0994. The number of para-hydroxylation sites is 1. The summed E-state index contributed by atoms with van der Waals surface area (Å²) in [5.74, 6) is 0.656. The van der Waals surface area contributed by atoms with Crippen molar-refractivity contribution in [1.29, 1.82) is 0 Å². The van der Waals surface area contributed by atoms with Gasteiger partial charge in [-0.05, 0) is 29.7 Å². The Morgan fingerprint density at radius 1 is 1.35 bits per heavy atom. The summed E-state index contributed by atoms with van der Waals surface area (Å²) in [6.07, 6.45) is 2.51. The average Bonchev–Trinajstić information content (AvgIpc) is 2.86. The molecule has 0 atom stereocenters. The van der Waals surface area contributed by atoms with Gasteiger partial charge in [0.1, 0.15) is 5.69 Å². The van der Waals surface area contributed by atoms with E-state index in [-0.39, 0.29) is 11.2 Å². The number of anilines is 3. The molecular formula is C14H11ClN4O. The van der Waals surface area contributed by atoms with Crippen molar-refractivity contribution in [1.82, 2.24) is 9.97 Å². The van der Waals surface area contributed by atoms with Gasteiger partial charge in [0.15, 0.2) is 5.82 Å². The third-order valence-electron chi connectivity index (χ3n) is 3.87. The molecule has 2 aliphatic heterocycles. The standard InChI is InChI=1S/C14H11ClN4O/c1-18-10-7-16-14(15)17-12(10)19-6-5-8-3-2-4-9(11(8)19)13(18)20/h2-4,7H,5-6H2,1H3. The highest BCUT2D eigenvalue weighted by Gasteiger charge is 2.34. The molecule has 2 aliphatic rings. The number of hydrogen-bond donors (Lipinski definition) is 0. The Kier molecular flexibility index (Phi) is 2.29. The summed E-state index contributed by atoms with van der Waals surface area (Å²) in [6, 6.07) is 5.84. The van der Waals surface area contributed by atoms with Gasteiger partial charge in [0.05, 0.1) is 17.4 Å². The third kappa shape index (κ3) is 1.41. The molecule has 0 spiro atoms. The number of nitrogens with zero attached hydrogens (tertiary/aromatic N) is 4. The lowest BCUT2D eigenvalue weighted by Crippen LogP contribution is -2.25. The predicted octanol–water partition coefficient (Wildman–Crippen LogP) is 2.41. The zero-order valence-corrected chi connectivity index (χ0v) is 11.6. The quantitative estimate of drug-likeness (QED) is 0.698. The number of aromatic nitrogens is 2. The normalized spacial score (nSPS) is 16.0. The summed E-state index contributed by atoms with van der Waals surface area (Å²) in [4.78, 5) is 24.6. The molecule has 0 radical (unpaired) electrons. The van der Waals surface area contributed by atoms with Gasteiger partial charge in [0.2, 0.25) is 5.28 Å². The van der Waals surface area contributed by atoms with Crippen LogP contribution in [0.4, 0.5) is 17.2 Å². The molecule has 5 nitrogen and oxygen atoms in total. The molecule has 1 aromatic carbocycles. The number of rotatable bonds is 0. The summed E-state index contributed by atoms with van der Waals surface area (Å²) >= 11 is 5.93. The van der Waals surface area contributed by atoms with Crippen LogP contribution in [-0.4, -0.2) is 29.5 Å². The number of hydrogen-bond acceptors (Lipinski definition) is 4. The van der Waals surface area contributed by atoms with Crippen molar-refractivity contribution in [2.45, 2.75) is 6.42 Å². The number of carbonyl (C=O) groups excluding carboxylic acids is 1. The van der Waals surface area contributed by atoms with E-state index < -0.39 is 0 Å². The molecular weight excluding hydrogens is 276 g/mol. The van der Waals surface area contributed by atoms with E-state index >= 15 is 0 Å². The highest BCUT2D eigenvalue weighted by molar-refractivity contribution is 6.28. The molecule has 0 aliphatic carbocycles. The van der Waals surface area contributed by atoms with Crippen LogP contribution in [-0.2, 0) is 6.42 Å². The van der Waals surface area contributed by atoms with Crippen LogP contribution < -0.4 is 9.80 Å². The maximum atomic E-state index is 12.6. The average molecular weight is 287 g/mol. The van der Waals surface area contributed by atoms with Crippen LogP contribution in [0.15, 0.2) is 24.4 Å². The van der Waals surface area contributed by atoms with E-state index in [1.54, 1.807) is 18.1 Å². The van der Waals surface area contributed by atoms with Crippen LogP contribution in [0, 0.1) is 0 Å².